The molecule has 4 rings (SSSR count). The van der Waals surface area contributed by atoms with Gasteiger partial charge in [-0.15, -0.1) is 0 Å². The number of rotatable bonds is 18. The first-order valence-electron chi connectivity index (χ1n) is 17.6. The molecule has 2 atom stereocenters. The number of ether oxygens (including phenoxy) is 3. The van der Waals surface area contributed by atoms with Gasteiger partial charge < -0.3 is 19.0 Å². The Hall–Kier alpha value is -6.35. The van der Waals surface area contributed by atoms with Gasteiger partial charge in [0.25, 0.3) is 5.78 Å². The Morgan fingerprint density at radius 1 is 0.661 bits per heavy atom. The lowest BCUT2D eigenvalue weighted by atomic mass is 9.98. The molecular formula is C41H41F3N4O8. The molecule has 0 fully saturated rings. The number of nitrogens with zero attached hydrogens (tertiary/aromatic N) is 2. The van der Waals surface area contributed by atoms with Crippen molar-refractivity contribution in [3.63, 3.8) is 0 Å². The molecule has 12 nitrogen and oxygen atoms in total. The summed E-state index contributed by atoms with van der Waals surface area (Å²) in [6, 6.07) is 31.1. The number of aliphatic imine (C=N–C) groups is 1. The van der Waals surface area contributed by atoms with Crippen LogP contribution < -0.4 is 10.6 Å². The first kappa shape index (κ1) is 42.4. The van der Waals surface area contributed by atoms with E-state index in [0.29, 0.717) is 28.5 Å². The summed E-state index contributed by atoms with van der Waals surface area (Å²) in [4.78, 5) is 69.0. The van der Waals surface area contributed by atoms with Gasteiger partial charge in [-0.1, -0.05) is 121 Å². The number of hydrogen-bond acceptors (Lipinski definition) is 10. The van der Waals surface area contributed by atoms with Gasteiger partial charge in [-0.3, -0.25) is 30.1 Å². The molecule has 2 N–H and O–H groups in total. The highest BCUT2D eigenvalue weighted by molar-refractivity contribution is 6.01. The van der Waals surface area contributed by atoms with Crippen LogP contribution in [0.5, 0.6) is 0 Å². The molecule has 2 amide bonds. The summed E-state index contributed by atoms with van der Waals surface area (Å²) in [7, 11) is 0. The smallest absolute Gasteiger partial charge is 0.451 e. The molecule has 0 spiro atoms. The van der Waals surface area contributed by atoms with Crippen molar-refractivity contribution in [3.8, 4) is 0 Å². The van der Waals surface area contributed by atoms with Gasteiger partial charge in [-0.25, -0.2) is 9.59 Å². The predicted molar refractivity (Wildman–Crippen MR) is 199 cm³/mol. The molecular weight excluding hydrogens is 733 g/mol. The fraction of sp³-hybridized carbons (Fsp3) is 0.268. The van der Waals surface area contributed by atoms with Crippen LogP contribution in [0.3, 0.4) is 0 Å². The van der Waals surface area contributed by atoms with Gasteiger partial charge in [-0.2, -0.15) is 13.2 Å². The zero-order valence-electron chi connectivity index (χ0n) is 30.2. The second-order valence-corrected chi connectivity index (χ2v) is 12.3. The third kappa shape index (κ3) is 14.8. The Balaban J connectivity index is 1.52. The predicted octanol–water partition coefficient (Wildman–Crippen LogP) is 6.33. The summed E-state index contributed by atoms with van der Waals surface area (Å²) in [6.07, 6.45) is -7.82. The lowest BCUT2D eigenvalue weighted by Gasteiger charge is -2.34. The van der Waals surface area contributed by atoms with Crippen molar-refractivity contribution in [3.05, 3.63) is 144 Å². The summed E-state index contributed by atoms with van der Waals surface area (Å²) < 4.78 is 58.2. The Bertz CT molecular complexity index is 1820. The van der Waals surface area contributed by atoms with E-state index in [1.54, 1.807) is 121 Å². The average Bonchev–Trinajstić information content (AvgIpc) is 3.21. The number of ketones is 1. The number of carbonyl (C=O) groups excluding carboxylic acids is 5. The SMILES string of the molecule is O=C[C@H](Cc1ccccc1)N(CC(=O)OCc1ccccc1)C(CCCN=C(NC(=O)OCc1ccccc1)NC(=O)OCc1ccccc1)C(=O)C(F)(F)F. The van der Waals surface area contributed by atoms with Crippen LogP contribution >= 0.6 is 0 Å². The maximum atomic E-state index is 14.1. The normalized spacial score (nSPS) is 12.1. The molecule has 0 saturated carbocycles. The van der Waals surface area contributed by atoms with Gasteiger partial charge in [0.1, 0.15) is 26.1 Å². The molecule has 1 unspecified atom stereocenters. The molecule has 0 aliphatic rings. The fourth-order valence-corrected chi connectivity index (χ4v) is 5.42. The van der Waals surface area contributed by atoms with E-state index in [1.165, 1.54) is 0 Å². The van der Waals surface area contributed by atoms with Gasteiger partial charge in [0, 0.05) is 6.54 Å². The van der Waals surface area contributed by atoms with Crippen LogP contribution in [0.1, 0.15) is 35.1 Å². The first-order valence-corrected chi connectivity index (χ1v) is 17.6. The maximum Gasteiger partial charge on any atom is 0.451 e. The van der Waals surface area contributed by atoms with Crippen molar-refractivity contribution in [1.29, 1.82) is 0 Å². The van der Waals surface area contributed by atoms with Gasteiger partial charge in [0.2, 0.25) is 5.96 Å². The molecule has 0 saturated heterocycles. The minimum absolute atomic E-state index is 0.107. The monoisotopic (exact) mass is 774 g/mol. The number of Topliss-reactive ketones (excluding diaryl/α,β-unsaturated/α-hetero) is 1. The molecule has 0 aliphatic heterocycles. The molecule has 0 aliphatic carbocycles. The quantitative estimate of drug-likeness (QED) is 0.0295. The van der Waals surface area contributed by atoms with Crippen molar-refractivity contribution < 1.29 is 51.4 Å². The highest BCUT2D eigenvalue weighted by Gasteiger charge is 2.47. The maximum absolute atomic E-state index is 14.1. The largest absolute Gasteiger partial charge is 0.460 e. The van der Waals surface area contributed by atoms with Gasteiger partial charge >= 0.3 is 24.3 Å². The van der Waals surface area contributed by atoms with E-state index in [2.05, 4.69) is 15.6 Å². The lowest BCUT2D eigenvalue weighted by Crippen LogP contribution is -2.54. The van der Waals surface area contributed by atoms with Crippen molar-refractivity contribution >= 4 is 36.2 Å². The molecule has 0 bridgehead atoms. The average molecular weight is 775 g/mol. The first-order chi connectivity index (χ1) is 27.0. The van der Waals surface area contributed by atoms with E-state index < -0.39 is 61.1 Å². The van der Waals surface area contributed by atoms with Crippen molar-refractivity contribution in [2.24, 2.45) is 4.99 Å². The third-order valence-corrected chi connectivity index (χ3v) is 8.18. The highest BCUT2D eigenvalue weighted by Crippen LogP contribution is 2.25. The van der Waals surface area contributed by atoms with E-state index >= 15 is 0 Å². The van der Waals surface area contributed by atoms with E-state index in [1.807, 2.05) is 0 Å². The number of aldehydes is 1. The number of guanidine groups is 1. The summed E-state index contributed by atoms with van der Waals surface area (Å²) in [6.45, 7) is -1.57. The van der Waals surface area contributed by atoms with Gasteiger partial charge in [0.15, 0.2) is 0 Å². The van der Waals surface area contributed by atoms with Crippen LogP contribution in [0.15, 0.2) is 126 Å². The number of alkyl halides is 3. The van der Waals surface area contributed by atoms with Crippen molar-refractivity contribution in [2.45, 2.75) is 57.3 Å². The number of alkyl carbamates (subject to hydrolysis) is 2. The second kappa shape index (κ2) is 22.1. The van der Waals surface area contributed by atoms with Crippen LogP contribution in [0, 0.1) is 0 Å². The topological polar surface area (TPSA) is 153 Å². The Morgan fingerprint density at radius 2 is 1.09 bits per heavy atom. The molecule has 15 heteroatoms. The van der Waals surface area contributed by atoms with E-state index in [-0.39, 0.29) is 39.2 Å². The van der Waals surface area contributed by atoms with E-state index in [9.17, 15) is 37.1 Å². The summed E-state index contributed by atoms with van der Waals surface area (Å²) in [5.41, 5.74) is 2.54. The minimum Gasteiger partial charge on any atom is -0.460 e. The number of benzene rings is 4. The number of carbonyl (C=O) groups is 5. The highest BCUT2D eigenvalue weighted by atomic mass is 19.4. The van der Waals surface area contributed by atoms with Crippen molar-refractivity contribution in [1.82, 2.24) is 15.5 Å². The number of hydrogen-bond donors (Lipinski definition) is 2. The van der Waals surface area contributed by atoms with Crippen LogP contribution in [-0.4, -0.2) is 72.4 Å². The van der Waals surface area contributed by atoms with Gasteiger partial charge in [0.05, 0.1) is 18.6 Å². The van der Waals surface area contributed by atoms with Gasteiger partial charge in [-0.05, 0) is 41.5 Å². The fourth-order valence-electron chi connectivity index (χ4n) is 5.42. The molecule has 294 valence electrons. The summed E-state index contributed by atoms with van der Waals surface area (Å²) in [5.74, 6) is -3.57. The zero-order valence-corrected chi connectivity index (χ0v) is 30.2. The second-order valence-electron chi connectivity index (χ2n) is 12.3. The molecule has 0 aromatic heterocycles. The number of amides is 2. The lowest BCUT2D eigenvalue weighted by molar-refractivity contribution is -0.178. The Morgan fingerprint density at radius 3 is 1.52 bits per heavy atom. The Kier molecular flexibility index (Phi) is 16.8. The molecule has 56 heavy (non-hydrogen) atoms. The number of halogens is 3. The molecule has 4 aromatic carbocycles. The molecule has 0 radical (unpaired) electrons. The summed E-state index contributed by atoms with van der Waals surface area (Å²) in [5, 5.41) is 4.59. The van der Waals surface area contributed by atoms with E-state index in [0.717, 1.165) is 4.90 Å². The van der Waals surface area contributed by atoms with E-state index in [4.69, 9.17) is 14.2 Å². The standard InChI is InChI=1S/C41H41F3N4O8/c42-41(43,44)37(51)35(48(34(26-49)24-30-14-5-1-6-15-30)25-36(50)54-27-31-16-7-2-8-17-31)22-13-23-45-38(46-39(52)55-28-32-18-9-3-10-19-32)47-40(53)56-29-33-20-11-4-12-21-33/h1-12,14-21,26,34-35H,13,22-25,27-29H2,(H2,45,46,47,52,53)/t34-,35?/m0/s1. The van der Waals surface area contributed by atoms with Crippen LogP contribution in [0.2, 0.25) is 0 Å². The number of esters is 1. The third-order valence-electron chi connectivity index (χ3n) is 8.18. The molecule has 4 aromatic rings. The number of nitrogens with one attached hydrogen (secondary N) is 2. The molecule has 0 heterocycles. The minimum atomic E-state index is -5.33. The Labute approximate surface area is 321 Å². The van der Waals surface area contributed by atoms with Crippen LogP contribution in [-0.2, 0) is 54.8 Å². The van der Waals surface area contributed by atoms with Crippen LogP contribution in [0.4, 0.5) is 22.8 Å². The zero-order chi connectivity index (χ0) is 40.2. The van der Waals surface area contributed by atoms with Crippen LogP contribution in [0.25, 0.3) is 0 Å². The summed E-state index contributed by atoms with van der Waals surface area (Å²) >= 11 is 0. The van der Waals surface area contributed by atoms with Crippen molar-refractivity contribution in [2.75, 3.05) is 13.1 Å².